The molecule has 102 valence electrons. The maximum absolute atomic E-state index is 6.22. The Morgan fingerprint density at radius 1 is 1.41 bits per heavy atom. The first-order chi connectivity index (χ1) is 7.93. The van der Waals surface area contributed by atoms with Crippen molar-refractivity contribution < 1.29 is 4.74 Å². The summed E-state index contributed by atoms with van der Waals surface area (Å²) in [6, 6.07) is 0.284. The van der Waals surface area contributed by atoms with Gasteiger partial charge in [0.05, 0.1) is 6.10 Å². The average molecular weight is 242 g/mol. The highest BCUT2D eigenvalue weighted by Gasteiger charge is 2.22. The second-order valence-electron chi connectivity index (χ2n) is 6.32. The Kier molecular flexibility index (Phi) is 5.90. The van der Waals surface area contributed by atoms with Crippen molar-refractivity contribution in [1.29, 1.82) is 0 Å². The van der Waals surface area contributed by atoms with Gasteiger partial charge in [-0.1, -0.05) is 27.7 Å². The number of nitrogens with zero attached hydrogens (tertiary/aromatic N) is 1. The predicted octanol–water partition coefficient (Wildman–Crippen LogP) is 2.25. The number of rotatable bonds is 4. The van der Waals surface area contributed by atoms with Gasteiger partial charge in [0, 0.05) is 25.7 Å². The fourth-order valence-corrected chi connectivity index (χ4v) is 2.17. The number of hydrogen-bond acceptors (Lipinski definition) is 3. The minimum Gasteiger partial charge on any atom is -0.377 e. The van der Waals surface area contributed by atoms with E-state index in [9.17, 15) is 0 Å². The van der Waals surface area contributed by atoms with Crippen LogP contribution in [-0.4, -0.2) is 43.3 Å². The van der Waals surface area contributed by atoms with Gasteiger partial charge >= 0.3 is 0 Å². The van der Waals surface area contributed by atoms with Gasteiger partial charge in [-0.25, -0.2) is 0 Å². The van der Waals surface area contributed by atoms with Crippen molar-refractivity contribution in [3.05, 3.63) is 0 Å². The highest BCUT2D eigenvalue weighted by atomic mass is 16.5. The van der Waals surface area contributed by atoms with Crippen molar-refractivity contribution in [1.82, 2.24) is 4.90 Å². The monoisotopic (exact) mass is 242 g/mol. The van der Waals surface area contributed by atoms with Gasteiger partial charge in [-0.2, -0.15) is 0 Å². The fourth-order valence-electron chi connectivity index (χ4n) is 2.17. The molecule has 0 aromatic carbocycles. The van der Waals surface area contributed by atoms with E-state index in [4.69, 9.17) is 10.5 Å². The third-order valence-corrected chi connectivity index (χ3v) is 3.76. The van der Waals surface area contributed by atoms with E-state index < -0.39 is 0 Å². The Balaban J connectivity index is 2.34. The molecular weight excluding hydrogens is 212 g/mol. The van der Waals surface area contributed by atoms with Crippen molar-refractivity contribution >= 4 is 0 Å². The summed E-state index contributed by atoms with van der Waals surface area (Å²) >= 11 is 0. The van der Waals surface area contributed by atoms with Crippen LogP contribution >= 0.6 is 0 Å². The van der Waals surface area contributed by atoms with Crippen LogP contribution in [0, 0.1) is 5.41 Å². The SMILES string of the molecule is CCC1CN(CCC(N)C(C)(C)C)CCCO1. The standard InChI is InChI=1S/C14H30N2O/c1-5-12-11-16(8-6-10-17-12)9-7-13(15)14(2,3)4/h12-13H,5-11,15H2,1-4H3. The first kappa shape index (κ1) is 14.9. The highest BCUT2D eigenvalue weighted by Crippen LogP contribution is 2.20. The second kappa shape index (κ2) is 6.72. The van der Waals surface area contributed by atoms with Crippen molar-refractivity contribution in [2.75, 3.05) is 26.2 Å². The fraction of sp³-hybridized carbons (Fsp3) is 1.00. The highest BCUT2D eigenvalue weighted by molar-refractivity contribution is 4.79. The molecule has 0 aliphatic carbocycles. The lowest BCUT2D eigenvalue weighted by atomic mass is 9.85. The third kappa shape index (κ3) is 5.36. The lowest BCUT2D eigenvalue weighted by molar-refractivity contribution is 0.0511. The number of ether oxygens (including phenoxy) is 1. The largest absolute Gasteiger partial charge is 0.377 e. The van der Waals surface area contributed by atoms with Crippen LogP contribution in [0.25, 0.3) is 0 Å². The summed E-state index contributed by atoms with van der Waals surface area (Å²) in [7, 11) is 0. The maximum atomic E-state index is 6.22. The van der Waals surface area contributed by atoms with Crippen LogP contribution in [-0.2, 0) is 4.74 Å². The second-order valence-corrected chi connectivity index (χ2v) is 6.32. The molecule has 1 fully saturated rings. The van der Waals surface area contributed by atoms with Gasteiger partial charge in [0.1, 0.15) is 0 Å². The van der Waals surface area contributed by atoms with Crippen LogP contribution < -0.4 is 5.73 Å². The summed E-state index contributed by atoms with van der Waals surface area (Å²) in [6.45, 7) is 13.1. The molecule has 0 amide bonds. The molecule has 0 spiro atoms. The molecule has 0 aromatic heterocycles. The first-order valence-corrected chi connectivity index (χ1v) is 7.03. The quantitative estimate of drug-likeness (QED) is 0.822. The van der Waals surface area contributed by atoms with E-state index in [1.54, 1.807) is 0 Å². The van der Waals surface area contributed by atoms with E-state index in [0.29, 0.717) is 6.10 Å². The van der Waals surface area contributed by atoms with Crippen LogP contribution in [0.4, 0.5) is 0 Å². The first-order valence-electron chi connectivity index (χ1n) is 7.03. The zero-order valence-corrected chi connectivity index (χ0v) is 12.0. The summed E-state index contributed by atoms with van der Waals surface area (Å²) < 4.78 is 5.78. The van der Waals surface area contributed by atoms with Crippen LogP contribution in [0.2, 0.25) is 0 Å². The van der Waals surface area contributed by atoms with Crippen molar-refractivity contribution in [2.24, 2.45) is 11.1 Å². The molecule has 3 heteroatoms. The number of nitrogens with two attached hydrogens (primary N) is 1. The van der Waals surface area contributed by atoms with Crippen molar-refractivity contribution in [2.45, 2.75) is 59.1 Å². The average Bonchev–Trinajstić information content (AvgIpc) is 2.49. The zero-order chi connectivity index (χ0) is 12.9. The summed E-state index contributed by atoms with van der Waals surface area (Å²) in [5.74, 6) is 0. The molecule has 2 unspecified atom stereocenters. The Morgan fingerprint density at radius 3 is 2.71 bits per heavy atom. The molecule has 17 heavy (non-hydrogen) atoms. The van der Waals surface area contributed by atoms with Crippen LogP contribution in [0.5, 0.6) is 0 Å². The molecule has 1 aliphatic rings. The summed E-state index contributed by atoms with van der Waals surface area (Å²) in [6.07, 6.45) is 3.77. The molecule has 3 nitrogen and oxygen atoms in total. The van der Waals surface area contributed by atoms with E-state index in [1.807, 2.05) is 0 Å². The predicted molar refractivity (Wildman–Crippen MR) is 73.1 cm³/mol. The van der Waals surface area contributed by atoms with Gasteiger partial charge in [0.15, 0.2) is 0 Å². The van der Waals surface area contributed by atoms with Crippen LogP contribution in [0.3, 0.4) is 0 Å². The minimum atomic E-state index is 0.215. The Labute approximate surface area is 107 Å². The van der Waals surface area contributed by atoms with Crippen molar-refractivity contribution in [3.8, 4) is 0 Å². The van der Waals surface area contributed by atoms with Crippen LogP contribution in [0.15, 0.2) is 0 Å². The molecule has 2 atom stereocenters. The third-order valence-electron chi connectivity index (χ3n) is 3.76. The lowest BCUT2D eigenvalue weighted by Crippen LogP contribution is -2.40. The molecule has 2 N–H and O–H groups in total. The molecule has 0 aromatic rings. The summed E-state index contributed by atoms with van der Waals surface area (Å²) in [4.78, 5) is 2.52. The summed E-state index contributed by atoms with van der Waals surface area (Å²) in [5, 5.41) is 0. The van der Waals surface area contributed by atoms with E-state index in [1.165, 1.54) is 0 Å². The van der Waals surface area contributed by atoms with Gasteiger partial charge in [0.2, 0.25) is 0 Å². The van der Waals surface area contributed by atoms with Gasteiger partial charge in [-0.3, -0.25) is 0 Å². The molecule has 1 heterocycles. The van der Waals surface area contributed by atoms with E-state index in [2.05, 4.69) is 32.6 Å². The Morgan fingerprint density at radius 2 is 2.12 bits per heavy atom. The Hall–Kier alpha value is -0.120. The van der Waals surface area contributed by atoms with Gasteiger partial charge in [-0.15, -0.1) is 0 Å². The molecule has 0 radical (unpaired) electrons. The molecule has 1 aliphatic heterocycles. The van der Waals surface area contributed by atoms with Gasteiger partial charge in [-0.05, 0) is 31.2 Å². The minimum absolute atomic E-state index is 0.215. The summed E-state index contributed by atoms with van der Waals surface area (Å²) in [5.41, 5.74) is 6.43. The molecule has 1 rings (SSSR count). The van der Waals surface area contributed by atoms with E-state index in [0.717, 1.165) is 45.5 Å². The van der Waals surface area contributed by atoms with Gasteiger partial charge < -0.3 is 15.4 Å². The van der Waals surface area contributed by atoms with Crippen molar-refractivity contribution in [3.63, 3.8) is 0 Å². The zero-order valence-electron chi connectivity index (χ0n) is 12.0. The van der Waals surface area contributed by atoms with E-state index in [-0.39, 0.29) is 11.5 Å². The molecule has 1 saturated heterocycles. The Bertz CT molecular complexity index is 213. The lowest BCUT2D eigenvalue weighted by Gasteiger charge is -2.30. The maximum Gasteiger partial charge on any atom is 0.0699 e. The number of hydrogen-bond donors (Lipinski definition) is 1. The van der Waals surface area contributed by atoms with Crippen LogP contribution in [0.1, 0.15) is 47.0 Å². The van der Waals surface area contributed by atoms with E-state index >= 15 is 0 Å². The molecular formula is C14H30N2O. The van der Waals surface area contributed by atoms with Gasteiger partial charge in [0.25, 0.3) is 0 Å². The smallest absolute Gasteiger partial charge is 0.0699 e. The topological polar surface area (TPSA) is 38.5 Å². The molecule has 0 bridgehead atoms. The normalized spacial score (nSPS) is 25.6. The molecule has 0 saturated carbocycles.